The first-order chi connectivity index (χ1) is 13.1. The lowest BCUT2D eigenvalue weighted by Crippen LogP contribution is -2.44. The second-order valence-electron chi connectivity index (χ2n) is 7.24. The standard InChI is InChI=1S/C18H24N6O3/c1-10-22-13(27-23-10)5-6-20-18(19-2)21-7-8-24-16(25)14-11-3-4-12(9-11)15(14)17(24)26/h3-4,11-12,14-15H,5-9H2,1-2H3,(H2,19,20,21). The number of fused-ring (bicyclic) bond motifs is 5. The van der Waals surface area contributed by atoms with Crippen molar-refractivity contribution in [1.29, 1.82) is 0 Å². The van der Waals surface area contributed by atoms with Gasteiger partial charge in [-0.25, -0.2) is 0 Å². The summed E-state index contributed by atoms with van der Waals surface area (Å²) < 4.78 is 5.06. The summed E-state index contributed by atoms with van der Waals surface area (Å²) in [7, 11) is 1.67. The minimum Gasteiger partial charge on any atom is -0.356 e. The first kappa shape index (κ1) is 17.7. The lowest BCUT2D eigenvalue weighted by Gasteiger charge is -2.18. The van der Waals surface area contributed by atoms with Gasteiger partial charge in [-0.1, -0.05) is 17.3 Å². The van der Waals surface area contributed by atoms with Crippen LogP contribution in [0.1, 0.15) is 18.1 Å². The fourth-order valence-corrected chi connectivity index (χ4v) is 4.42. The molecule has 2 heterocycles. The SMILES string of the molecule is CN=C(NCCc1nc(C)no1)NCCN1C(=O)C2C3C=CC(C3)C2C1=O. The maximum atomic E-state index is 12.6. The van der Waals surface area contributed by atoms with Gasteiger partial charge in [0, 0.05) is 33.1 Å². The molecule has 2 bridgehead atoms. The van der Waals surface area contributed by atoms with Crippen molar-refractivity contribution in [2.75, 3.05) is 26.7 Å². The minimum atomic E-state index is -0.136. The normalized spacial score (nSPS) is 29.0. The molecule has 2 N–H and O–H groups in total. The largest absolute Gasteiger partial charge is 0.356 e. The van der Waals surface area contributed by atoms with Crippen LogP contribution in [0, 0.1) is 30.6 Å². The van der Waals surface area contributed by atoms with Crippen LogP contribution in [0.15, 0.2) is 21.7 Å². The molecule has 3 aliphatic rings. The Morgan fingerprint density at radius 2 is 1.89 bits per heavy atom. The van der Waals surface area contributed by atoms with Gasteiger partial charge in [0.1, 0.15) is 0 Å². The summed E-state index contributed by atoms with van der Waals surface area (Å²) in [5.41, 5.74) is 0. The van der Waals surface area contributed by atoms with E-state index in [2.05, 4.69) is 37.9 Å². The maximum Gasteiger partial charge on any atom is 0.233 e. The number of likely N-dealkylation sites (tertiary alicyclic amines) is 1. The number of aliphatic imine (C=N–C) groups is 1. The Hall–Kier alpha value is -2.71. The third kappa shape index (κ3) is 3.22. The minimum absolute atomic E-state index is 0.0154. The maximum absolute atomic E-state index is 12.6. The van der Waals surface area contributed by atoms with E-state index in [1.54, 1.807) is 14.0 Å². The lowest BCUT2D eigenvalue weighted by atomic mass is 9.85. The fourth-order valence-electron chi connectivity index (χ4n) is 4.42. The van der Waals surface area contributed by atoms with E-state index in [0.717, 1.165) is 6.42 Å². The molecule has 1 saturated heterocycles. The van der Waals surface area contributed by atoms with Crippen LogP contribution in [0.4, 0.5) is 0 Å². The zero-order valence-electron chi connectivity index (χ0n) is 15.5. The molecule has 2 amide bonds. The zero-order chi connectivity index (χ0) is 19.0. The number of imide groups is 1. The van der Waals surface area contributed by atoms with E-state index in [9.17, 15) is 9.59 Å². The molecule has 4 unspecified atom stereocenters. The number of carbonyl (C=O) groups excluding carboxylic acids is 2. The summed E-state index contributed by atoms with van der Waals surface area (Å²) in [5.74, 6) is 1.98. The van der Waals surface area contributed by atoms with Crippen molar-refractivity contribution in [3.8, 4) is 0 Å². The summed E-state index contributed by atoms with van der Waals surface area (Å²) in [5, 5.41) is 10.0. The number of nitrogens with zero attached hydrogens (tertiary/aromatic N) is 4. The average Bonchev–Trinajstić information content (AvgIpc) is 3.41. The molecule has 0 spiro atoms. The Morgan fingerprint density at radius 1 is 1.22 bits per heavy atom. The van der Waals surface area contributed by atoms with Crippen molar-refractivity contribution in [3.05, 3.63) is 23.9 Å². The third-order valence-electron chi connectivity index (χ3n) is 5.61. The second kappa shape index (κ2) is 7.13. The number of guanidine groups is 1. The van der Waals surface area contributed by atoms with Crippen molar-refractivity contribution >= 4 is 17.8 Å². The predicted molar refractivity (Wildman–Crippen MR) is 96.5 cm³/mol. The van der Waals surface area contributed by atoms with E-state index >= 15 is 0 Å². The highest BCUT2D eigenvalue weighted by molar-refractivity contribution is 6.06. The molecule has 1 aromatic heterocycles. The van der Waals surface area contributed by atoms with Crippen molar-refractivity contribution in [2.45, 2.75) is 19.8 Å². The number of rotatable bonds is 6. The number of hydrogen-bond donors (Lipinski definition) is 2. The number of aromatic nitrogens is 2. The lowest BCUT2D eigenvalue weighted by molar-refractivity contribution is -0.140. The van der Waals surface area contributed by atoms with Gasteiger partial charge in [-0.05, 0) is 25.2 Å². The van der Waals surface area contributed by atoms with Crippen molar-refractivity contribution in [3.63, 3.8) is 0 Å². The molecule has 2 fully saturated rings. The summed E-state index contributed by atoms with van der Waals surface area (Å²) in [6.07, 6.45) is 5.75. The predicted octanol–water partition coefficient (Wildman–Crippen LogP) is -0.107. The highest BCUT2D eigenvalue weighted by atomic mass is 16.5. The van der Waals surface area contributed by atoms with Crippen LogP contribution < -0.4 is 10.6 Å². The molecule has 1 aliphatic heterocycles. The Balaban J connectivity index is 1.23. The van der Waals surface area contributed by atoms with Crippen LogP contribution in [-0.2, 0) is 16.0 Å². The quantitative estimate of drug-likeness (QED) is 0.310. The first-order valence-corrected chi connectivity index (χ1v) is 9.35. The third-order valence-corrected chi connectivity index (χ3v) is 5.61. The fraction of sp³-hybridized carbons (Fsp3) is 0.611. The van der Waals surface area contributed by atoms with Gasteiger partial charge in [-0.15, -0.1) is 0 Å². The van der Waals surface area contributed by atoms with Crippen molar-refractivity contribution in [1.82, 2.24) is 25.7 Å². The molecule has 144 valence electrons. The molecule has 0 aromatic carbocycles. The van der Waals surface area contributed by atoms with Gasteiger partial charge in [0.05, 0.1) is 11.8 Å². The molecule has 1 aromatic rings. The van der Waals surface area contributed by atoms with Gasteiger partial charge in [0.25, 0.3) is 0 Å². The molecule has 4 atom stereocenters. The van der Waals surface area contributed by atoms with Gasteiger partial charge in [0.15, 0.2) is 11.8 Å². The van der Waals surface area contributed by atoms with Gasteiger partial charge in [-0.3, -0.25) is 19.5 Å². The molecular weight excluding hydrogens is 348 g/mol. The van der Waals surface area contributed by atoms with Gasteiger partial charge < -0.3 is 15.2 Å². The average molecular weight is 372 g/mol. The Morgan fingerprint density at radius 3 is 2.48 bits per heavy atom. The number of amides is 2. The summed E-state index contributed by atoms with van der Waals surface area (Å²) in [6, 6.07) is 0. The molecule has 4 rings (SSSR count). The zero-order valence-corrected chi connectivity index (χ0v) is 15.5. The monoisotopic (exact) mass is 372 g/mol. The van der Waals surface area contributed by atoms with Gasteiger partial charge in [-0.2, -0.15) is 4.98 Å². The Labute approximate surface area is 157 Å². The molecule has 1 saturated carbocycles. The summed E-state index contributed by atoms with van der Waals surface area (Å²) in [4.78, 5) is 35.0. The summed E-state index contributed by atoms with van der Waals surface area (Å²) >= 11 is 0. The number of carbonyl (C=O) groups is 2. The number of hydrogen-bond acceptors (Lipinski definition) is 6. The van der Waals surface area contributed by atoms with Crippen LogP contribution in [0.25, 0.3) is 0 Å². The van der Waals surface area contributed by atoms with Crippen molar-refractivity contribution in [2.24, 2.45) is 28.7 Å². The number of allylic oxidation sites excluding steroid dienone is 2. The van der Waals surface area contributed by atoms with Gasteiger partial charge >= 0.3 is 0 Å². The molecule has 9 nitrogen and oxygen atoms in total. The van der Waals surface area contributed by atoms with E-state index in [-0.39, 0.29) is 35.5 Å². The molecule has 0 radical (unpaired) electrons. The second-order valence-corrected chi connectivity index (χ2v) is 7.24. The van der Waals surface area contributed by atoms with Crippen molar-refractivity contribution < 1.29 is 14.1 Å². The van der Waals surface area contributed by atoms with Crippen LogP contribution in [0.5, 0.6) is 0 Å². The number of aryl methyl sites for hydroxylation is 1. The Bertz CT molecular complexity index is 771. The van der Waals surface area contributed by atoms with E-state index in [1.165, 1.54) is 4.90 Å². The molecule has 2 aliphatic carbocycles. The molecule has 27 heavy (non-hydrogen) atoms. The van der Waals surface area contributed by atoms with Crippen LogP contribution in [0.3, 0.4) is 0 Å². The van der Waals surface area contributed by atoms with E-state index < -0.39 is 0 Å². The van der Waals surface area contributed by atoms with E-state index in [4.69, 9.17) is 4.52 Å². The smallest absolute Gasteiger partial charge is 0.233 e. The van der Waals surface area contributed by atoms with E-state index in [1.807, 2.05) is 0 Å². The highest BCUT2D eigenvalue weighted by Crippen LogP contribution is 2.52. The van der Waals surface area contributed by atoms with Crippen LogP contribution in [-0.4, -0.2) is 59.5 Å². The summed E-state index contributed by atoms with van der Waals surface area (Å²) in [6.45, 7) is 3.17. The van der Waals surface area contributed by atoms with E-state index in [0.29, 0.717) is 43.7 Å². The topological polar surface area (TPSA) is 113 Å². The van der Waals surface area contributed by atoms with Crippen LogP contribution in [0.2, 0.25) is 0 Å². The first-order valence-electron chi connectivity index (χ1n) is 9.35. The molecular formula is C18H24N6O3. The van der Waals surface area contributed by atoms with Crippen LogP contribution >= 0.6 is 0 Å². The highest BCUT2D eigenvalue weighted by Gasteiger charge is 2.58. The van der Waals surface area contributed by atoms with Gasteiger partial charge in [0.2, 0.25) is 17.7 Å². The molecule has 9 heteroatoms. The number of nitrogens with one attached hydrogen (secondary N) is 2. The Kier molecular flexibility index (Phi) is 4.67.